The van der Waals surface area contributed by atoms with Crippen molar-refractivity contribution in [2.24, 2.45) is 5.92 Å². The lowest BCUT2D eigenvalue weighted by Crippen LogP contribution is -2.37. The first-order valence-corrected chi connectivity index (χ1v) is 11.4. The van der Waals surface area contributed by atoms with E-state index >= 15 is 0 Å². The fourth-order valence-electron chi connectivity index (χ4n) is 2.66. The van der Waals surface area contributed by atoms with E-state index in [1.54, 1.807) is 11.1 Å². The normalized spacial score (nSPS) is 13.0. The number of hydrogen-bond acceptors (Lipinski definition) is 5. The van der Waals surface area contributed by atoms with Gasteiger partial charge in [-0.1, -0.05) is 25.2 Å². The summed E-state index contributed by atoms with van der Waals surface area (Å²) in [5.41, 5.74) is 0.980. The zero-order valence-corrected chi connectivity index (χ0v) is 19.5. The van der Waals surface area contributed by atoms with Crippen molar-refractivity contribution < 1.29 is 19.1 Å². The van der Waals surface area contributed by atoms with E-state index in [9.17, 15) is 14.4 Å². The van der Waals surface area contributed by atoms with Crippen molar-refractivity contribution in [1.82, 2.24) is 10.2 Å². The molecule has 0 fully saturated rings. The van der Waals surface area contributed by atoms with Crippen LogP contribution >= 0.6 is 12.6 Å². The van der Waals surface area contributed by atoms with Gasteiger partial charge in [-0.05, 0) is 44.8 Å². The molecule has 0 aliphatic rings. The lowest BCUT2D eigenvalue weighted by Gasteiger charge is -2.24. The highest BCUT2D eigenvalue weighted by Crippen LogP contribution is 2.10. The molecule has 6 nitrogen and oxygen atoms in total. The van der Waals surface area contributed by atoms with Crippen LogP contribution in [0.4, 0.5) is 0 Å². The number of nitrogens with one attached hydrogen (secondary N) is 1. The number of carbonyl (C=O) groups is 3. The molecule has 7 heteroatoms. The van der Waals surface area contributed by atoms with E-state index in [4.69, 9.17) is 4.74 Å². The zero-order valence-electron chi connectivity index (χ0n) is 18.6. The number of thiol groups is 1. The summed E-state index contributed by atoms with van der Waals surface area (Å²) in [6, 6.07) is 0. The third-order valence-electron chi connectivity index (χ3n) is 4.39. The Balaban J connectivity index is 4.35. The number of aldehydes is 1. The molecule has 1 unspecified atom stereocenters. The first-order valence-electron chi connectivity index (χ1n) is 10.7. The number of allylic oxidation sites excluding steroid dienone is 3. The van der Waals surface area contributed by atoms with E-state index in [-0.39, 0.29) is 24.2 Å². The average molecular weight is 439 g/mol. The molecular weight excluding hydrogens is 400 g/mol. The fourth-order valence-corrected chi connectivity index (χ4v) is 2.97. The van der Waals surface area contributed by atoms with Gasteiger partial charge in [0.05, 0.1) is 12.5 Å². The molecule has 1 atom stereocenters. The maximum Gasteiger partial charge on any atom is 0.226 e. The highest BCUT2D eigenvalue weighted by molar-refractivity contribution is 7.80. The quantitative estimate of drug-likeness (QED) is 0.157. The average Bonchev–Trinajstić information content (AvgIpc) is 2.75. The molecule has 0 rings (SSSR count). The number of amides is 2. The standard InChI is InChI=1S/C23H38N2O4S/c1-4-7-10-20(18-29-17-5-2)12-14-24-22(27)11-8-9-15-25(6-3)23(28)21(19-30)13-16-26/h4,7,10,12,14,16,21,30H,5-6,8-9,11,13,15,17-19H2,1-3H3,(H,24,27)/b7-4+,14-12+,20-10+. The zero-order chi connectivity index (χ0) is 22.6. The maximum absolute atomic E-state index is 12.4. The minimum Gasteiger partial charge on any atom is -0.377 e. The molecule has 1 N–H and O–H groups in total. The molecule has 170 valence electrons. The Morgan fingerprint density at radius 2 is 2.00 bits per heavy atom. The predicted molar refractivity (Wildman–Crippen MR) is 125 cm³/mol. The monoisotopic (exact) mass is 438 g/mol. The number of hydrogen-bond donors (Lipinski definition) is 2. The highest BCUT2D eigenvalue weighted by Gasteiger charge is 2.21. The van der Waals surface area contributed by atoms with Gasteiger partial charge in [0.2, 0.25) is 11.8 Å². The topological polar surface area (TPSA) is 75.7 Å². The summed E-state index contributed by atoms with van der Waals surface area (Å²) in [4.78, 5) is 36.9. The molecule has 0 aromatic heterocycles. The van der Waals surface area contributed by atoms with Crippen molar-refractivity contribution in [3.8, 4) is 0 Å². The van der Waals surface area contributed by atoms with Crippen LogP contribution in [-0.4, -0.2) is 55.1 Å². The fraction of sp³-hybridized carbons (Fsp3) is 0.609. The van der Waals surface area contributed by atoms with Gasteiger partial charge in [-0.15, -0.1) is 0 Å². The van der Waals surface area contributed by atoms with Crippen LogP contribution in [0.15, 0.2) is 36.1 Å². The van der Waals surface area contributed by atoms with Crippen LogP contribution in [0, 0.1) is 5.92 Å². The first kappa shape index (κ1) is 28.1. The lowest BCUT2D eigenvalue weighted by molar-refractivity contribution is -0.135. The third-order valence-corrected chi connectivity index (χ3v) is 4.83. The van der Waals surface area contributed by atoms with Gasteiger partial charge in [0.1, 0.15) is 6.29 Å². The highest BCUT2D eigenvalue weighted by atomic mass is 32.1. The van der Waals surface area contributed by atoms with E-state index in [1.165, 1.54) is 0 Å². The Morgan fingerprint density at radius 1 is 1.23 bits per heavy atom. The Kier molecular flexibility index (Phi) is 17.9. The van der Waals surface area contributed by atoms with Crippen molar-refractivity contribution in [2.75, 3.05) is 32.1 Å². The number of unbranched alkanes of at least 4 members (excludes halogenated alkanes) is 1. The van der Waals surface area contributed by atoms with Crippen LogP contribution in [0.5, 0.6) is 0 Å². The smallest absolute Gasteiger partial charge is 0.226 e. The van der Waals surface area contributed by atoms with Crippen LogP contribution < -0.4 is 5.32 Å². The van der Waals surface area contributed by atoms with E-state index in [0.29, 0.717) is 44.9 Å². The molecule has 0 spiro atoms. The lowest BCUT2D eigenvalue weighted by atomic mass is 10.1. The molecule has 0 aromatic carbocycles. The SMILES string of the molecule is C/C=C/C=C(\C=C\NC(=O)CCCCN(CC)C(=O)C(CS)CC=O)COCCC. The summed E-state index contributed by atoms with van der Waals surface area (Å²) in [7, 11) is 0. The minimum absolute atomic E-state index is 0.0438. The van der Waals surface area contributed by atoms with E-state index in [1.807, 2.05) is 38.2 Å². The summed E-state index contributed by atoms with van der Waals surface area (Å²) < 4.78 is 5.55. The summed E-state index contributed by atoms with van der Waals surface area (Å²) in [5, 5.41) is 2.78. The number of carbonyl (C=O) groups excluding carboxylic acids is 3. The summed E-state index contributed by atoms with van der Waals surface area (Å²) in [6.45, 7) is 8.28. The second-order valence-corrected chi connectivity index (χ2v) is 7.24. The third kappa shape index (κ3) is 13.4. The Hall–Kier alpha value is -1.86. The van der Waals surface area contributed by atoms with Gasteiger partial charge >= 0.3 is 0 Å². The molecule has 0 aliphatic heterocycles. The predicted octanol–water partition coefficient (Wildman–Crippen LogP) is 3.70. The van der Waals surface area contributed by atoms with Crippen molar-refractivity contribution >= 4 is 30.7 Å². The molecule has 30 heavy (non-hydrogen) atoms. The second-order valence-electron chi connectivity index (χ2n) is 6.88. The Labute approximate surface area is 187 Å². The number of rotatable bonds is 17. The van der Waals surface area contributed by atoms with Gasteiger partial charge in [0.25, 0.3) is 0 Å². The summed E-state index contributed by atoms with van der Waals surface area (Å²) >= 11 is 4.17. The molecule has 0 aliphatic carbocycles. The van der Waals surface area contributed by atoms with Gasteiger partial charge in [-0.25, -0.2) is 0 Å². The van der Waals surface area contributed by atoms with Crippen LogP contribution in [0.2, 0.25) is 0 Å². The Morgan fingerprint density at radius 3 is 2.60 bits per heavy atom. The van der Waals surface area contributed by atoms with E-state index < -0.39 is 0 Å². The Bertz CT molecular complexity index is 588. The van der Waals surface area contributed by atoms with Crippen LogP contribution in [-0.2, 0) is 19.1 Å². The molecular formula is C23H38N2O4S. The summed E-state index contributed by atoms with van der Waals surface area (Å²) in [5.74, 6) is -0.116. The molecule has 0 saturated heterocycles. The van der Waals surface area contributed by atoms with Gasteiger partial charge in [0.15, 0.2) is 0 Å². The summed E-state index contributed by atoms with van der Waals surface area (Å²) in [6.07, 6.45) is 13.0. The van der Waals surface area contributed by atoms with E-state index in [2.05, 4.69) is 24.9 Å². The molecule has 2 amide bonds. The van der Waals surface area contributed by atoms with Crippen molar-refractivity contribution in [3.05, 3.63) is 36.1 Å². The molecule has 0 radical (unpaired) electrons. The van der Waals surface area contributed by atoms with Gasteiger partial charge < -0.3 is 19.7 Å². The van der Waals surface area contributed by atoms with Crippen LogP contribution in [0.25, 0.3) is 0 Å². The van der Waals surface area contributed by atoms with Crippen molar-refractivity contribution in [3.63, 3.8) is 0 Å². The van der Waals surface area contributed by atoms with Crippen molar-refractivity contribution in [1.29, 1.82) is 0 Å². The van der Waals surface area contributed by atoms with Gasteiger partial charge in [-0.2, -0.15) is 12.6 Å². The maximum atomic E-state index is 12.4. The molecule has 0 bridgehead atoms. The largest absolute Gasteiger partial charge is 0.377 e. The molecule has 0 aromatic rings. The van der Waals surface area contributed by atoms with Crippen LogP contribution in [0.1, 0.15) is 52.9 Å². The second kappa shape index (κ2) is 19.1. The van der Waals surface area contributed by atoms with Gasteiger partial charge in [-0.3, -0.25) is 9.59 Å². The molecule has 0 saturated carbocycles. The molecule has 0 heterocycles. The number of ether oxygens (including phenoxy) is 1. The van der Waals surface area contributed by atoms with Gasteiger partial charge in [0, 0.05) is 44.5 Å². The van der Waals surface area contributed by atoms with Crippen LogP contribution in [0.3, 0.4) is 0 Å². The number of nitrogens with zero attached hydrogens (tertiary/aromatic N) is 1. The first-order chi connectivity index (χ1) is 14.5. The van der Waals surface area contributed by atoms with E-state index in [0.717, 1.165) is 24.7 Å². The van der Waals surface area contributed by atoms with Crippen molar-refractivity contribution in [2.45, 2.75) is 52.9 Å². The minimum atomic E-state index is -0.370.